The molecular formula is C17H18Cl2N4O2. The number of benzene rings is 1. The second-order valence-corrected chi connectivity index (χ2v) is 6.91. The van der Waals surface area contributed by atoms with Gasteiger partial charge in [0.25, 0.3) is 5.91 Å². The number of rotatable bonds is 4. The fourth-order valence-electron chi connectivity index (χ4n) is 2.97. The van der Waals surface area contributed by atoms with Crippen molar-refractivity contribution in [3.8, 4) is 0 Å². The van der Waals surface area contributed by atoms with Gasteiger partial charge >= 0.3 is 0 Å². The Morgan fingerprint density at radius 3 is 2.72 bits per heavy atom. The van der Waals surface area contributed by atoms with Gasteiger partial charge in [-0.2, -0.15) is 5.10 Å². The van der Waals surface area contributed by atoms with Gasteiger partial charge in [0.05, 0.1) is 22.2 Å². The first-order chi connectivity index (χ1) is 11.8. The van der Waals surface area contributed by atoms with E-state index in [4.69, 9.17) is 23.2 Å². The van der Waals surface area contributed by atoms with E-state index in [0.29, 0.717) is 23.0 Å². The molecule has 1 N–H and O–H groups in total. The van der Waals surface area contributed by atoms with Gasteiger partial charge < -0.3 is 5.32 Å². The maximum Gasteiger partial charge on any atom is 0.250 e. The molecule has 0 spiro atoms. The molecule has 2 aromatic rings. The number of carbonyl (C=O) groups is 2. The van der Waals surface area contributed by atoms with E-state index in [-0.39, 0.29) is 18.2 Å². The fraction of sp³-hybridized carbons (Fsp3) is 0.353. The largest absolute Gasteiger partial charge is 0.344 e. The van der Waals surface area contributed by atoms with Crippen LogP contribution in [0, 0.1) is 6.92 Å². The minimum Gasteiger partial charge on any atom is -0.344 e. The highest BCUT2D eigenvalue weighted by Gasteiger charge is 2.35. The monoisotopic (exact) mass is 380 g/mol. The van der Waals surface area contributed by atoms with Gasteiger partial charge in [0.15, 0.2) is 0 Å². The van der Waals surface area contributed by atoms with Crippen LogP contribution in [0.4, 0.5) is 5.82 Å². The van der Waals surface area contributed by atoms with Crippen molar-refractivity contribution in [2.75, 3.05) is 11.4 Å². The van der Waals surface area contributed by atoms with Gasteiger partial charge in [-0.25, -0.2) is 0 Å². The zero-order valence-electron chi connectivity index (χ0n) is 13.9. The molecule has 1 saturated heterocycles. The first-order valence-corrected chi connectivity index (χ1v) is 8.66. The third-order valence-electron chi connectivity index (χ3n) is 4.14. The molecule has 6 nitrogen and oxygen atoms in total. The number of anilines is 1. The van der Waals surface area contributed by atoms with Crippen molar-refractivity contribution >= 4 is 40.8 Å². The fourth-order valence-corrected chi connectivity index (χ4v) is 3.29. The molecular weight excluding hydrogens is 363 g/mol. The molecule has 1 fully saturated rings. The quantitative estimate of drug-likeness (QED) is 0.885. The summed E-state index contributed by atoms with van der Waals surface area (Å²) in [5, 5.41) is 7.91. The number of nitrogens with zero attached hydrogens (tertiary/aromatic N) is 3. The molecule has 1 atom stereocenters. The minimum absolute atomic E-state index is 0.120. The van der Waals surface area contributed by atoms with Crippen molar-refractivity contribution < 1.29 is 9.59 Å². The van der Waals surface area contributed by atoms with Crippen molar-refractivity contribution in [1.82, 2.24) is 15.1 Å². The zero-order valence-corrected chi connectivity index (χ0v) is 15.4. The number of hydrogen-bond donors (Lipinski definition) is 1. The standard InChI is InChI=1S/C17H18Cl2N4O2/c1-10-7-16(22(2)21-10)23-6-5-14(17(23)25)20-15(24)9-11-3-4-12(18)13(19)8-11/h3-4,7-8,14H,5-6,9H2,1-2H3,(H,20,24)/t14-/m1/s1. The molecule has 1 aliphatic heterocycles. The van der Waals surface area contributed by atoms with Gasteiger partial charge in [0, 0.05) is 19.7 Å². The molecule has 0 aliphatic carbocycles. The Balaban J connectivity index is 1.63. The predicted molar refractivity (Wildman–Crippen MR) is 97.0 cm³/mol. The Kier molecular flexibility index (Phi) is 5.01. The van der Waals surface area contributed by atoms with Crippen molar-refractivity contribution in [3.05, 3.63) is 45.6 Å². The molecule has 2 amide bonds. The van der Waals surface area contributed by atoms with Crippen LogP contribution in [0.25, 0.3) is 0 Å². The number of hydrogen-bond acceptors (Lipinski definition) is 3. The summed E-state index contributed by atoms with van der Waals surface area (Å²) in [6.07, 6.45) is 0.710. The Bertz CT molecular complexity index is 834. The highest BCUT2D eigenvalue weighted by molar-refractivity contribution is 6.42. The van der Waals surface area contributed by atoms with E-state index < -0.39 is 6.04 Å². The van der Waals surface area contributed by atoms with Crippen molar-refractivity contribution in [2.45, 2.75) is 25.8 Å². The van der Waals surface area contributed by atoms with Crippen LogP contribution in [0.1, 0.15) is 17.7 Å². The lowest BCUT2D eigenvalue weighted by Gasteiger charge is -2.17. The highest BCUT2D eigenvalue weighted by atomic mass is 35.5. The lowest BCUT2D eigenvalue weighted by molar-refractivity contribution is -0.126. The number of aryl methyl sites for hydroxylation is 2. The average Bonchev–Trinajstić information content (AvgIpc) is 3.05. The van der Waals surface area contributed by atoms with E-state index in [1.165, 1.54) is 0 Å². The molecule has 2 heterocycles. The van der Waals surface area contributed by atoms with E-state index in [2.05, 4.69) is 10.4 Å². The summed E-state index contributed by atoms with van der Waals surface area (Å²) in [4.78, 5) is 26.5. The van der Waals surface area contributed by atoms with E-state index in [9.17, 15) is 9.59 Å². The minimum atomic E-state index is -0.523. The van der Waals surface area contributed by atoms with Crippen LogP contribution >= 0.6 is 23.2 Å². The smallest absolute Gasteiger partial charge is 0.250 e. The first-order valence-electron chi connectivity index (χ1n) is 7.90. The van der Waals surface area contributed by atoms with Crippen LogP contribution in [0.15, 0.2) is 24.3 Å². The summed E-state index contributed by atoms with van der Waals surface area (Å²) < 4.78 is 1.67. The SMILES string of the molecule is Cc1cc(N2CC[C@@H](NC(=O)Cc3ccc(Cl)c(Cl)c3)C2=O)n(C)n1. The van der Waals surface area contributed by atoms with Gasteiger partial charge in [-0.05, 0) is 31.0 Å². The molecule has 1 aromatic carbocycles. The molecule has 3 rings (SSSR count). The van der Waals surface area contributed by atoms with Crippen LogP contribution in [0.3, 0.4) is 0 Å². The Hall–Kier alpha value is -2.05. The Labute approximate surface area is 155 Å². The van der Waals surface area contributed by atoms with E-state index in [0.717, 1.165) is 17.1 Å². The maximum atomic E-state index is 12.6. The lowest BCUT2D eigenvalue weighted by atomic mass is 10.1. The zero-order chi connectivity index (χ0) is 18.1. The van der Waals surface area contributed by atoms with Gasteiger partial charge in [0.2, 0.25) is 5.91 Å². The Morgan fingerprint density at radius 1 is 1.32 bits per heavy atom. The molecule has 25 heavy (non-hydrogen) atoms. The topological polar surface area (TPSA) is 67.2 Å². The second-order valence-electron chi connectivity index (χ2n) is 6.09. The van der Waals surface area contributed by atoms with E-state index in [1.807, 2.05) is 13.0 Å². The van der Waals surface area contributed by atoms with Crippen molar-refractivity contribution in [3.63, 3.8) is 0 Å². The summed E-state index contributed by atoms with van der Waals surface area (Å²) in [6, 6.07) is 6.39. The van der Waals surface area contributed by atoms with Crippen molar-refractivity contribution in [1.29, 1.82) is 0 Å². The molecule has 0 saturated carbocycles. The van der Waals surface area contributed by atoms with Crippen LogP contribution in [0.5, 0.6) is 0 Å². The molecule has 8 heteroatoms. The van der Waals surface area contributed by atoms with Gasteiger partial charge in [-0.1, -0.05) is 29.3 Å². The summed E-state index contributed by atoms with van der Waals surface area (Å²) in [7, 11) is 1.80. The average molecular weight is 381 g/mol. The third-order valence-corrected chi connectivity index (χ3v) is 4.88. The molecule has 1 aliphatic rings. The second kappa shape index (κ2) is 7.06. The highest BCUT2D eigenvalue weighted by Crippen LogP contribution is 2.24. The number of nitrogens with one attached hydrogen (secondary N) is 1. The van der Waals surface area contributed by atoms with Crippen LogP contribution < -0.4 is 10.2 Å². The maximum absolute atomic E-state index is 12.6. The molecule has 1 aromatic heterocycles. The first kappa shape index (κ1) is 17.8. The number of amides is 2. The van der Waals surface area contributed by atoms with Crippen LogP contribution in [-0.2, 0) is 23.1 Å². The van der Waals surface area contributed by atoms with Crippen molar-refractivity contribution in [2.24, 2.45) is 7.05 Å². The van der Waals surface area contributed by atoms with Gasteiger partial charge in [-0.3, -0.25) is 19.2 Å². The molecule has 0 unspecified atom stereocenters. The van der Waals surface area contributed by atoms with Gasteiger partial charge in [0.1, 0.15) is 11.9 Å². The summed E-state index contributed by atoms with van der Waals surface area (Å²) >= 11 is 11.8. The van der Waals surface area contributed by atoms with E-state index in [1.54, 1.807) is 34.8 Å². The summed E-state index contributed by atoms with van der Waals surface area (Å²) in [6.45, 7) is 2.43. The normalized spacial score (nSPS) is 17.2. The number of carbonyl (C=O) groups excluding carboxylic acids is 2. The Morgan fingerprint density at radius 2 is 2.08 bits per heavy atom. The van der Waals surface area contributed by atoms with Crippen LogP contribution in [-0.4, -0.2) is 34.2 Å². The molecule has 0 radical (unpaired) electrons. The molecule has 132 valence electrons. The lowest BCUT2D eigenvalue weighted by Crippen LogP contribution is -2.42. The van der Waals surface area contributed by atoms with Crippen LogP contribution in [0.2, 0.25) is 10.0 Å². The number of halogens is 2. The van der Waals surface area contributed by atoms with Gasteiger partial charge in [-0.15, -0.1) is 0 Å². The summed E-state index contributed by atoms with van der Waals surface area (Å²) in [5.41, 5.74) is 1.59. The number of aromatic nitrogens is 2. The predicted octanol–water partition coefficient (Wildman–Crippen LogP) is 2.50. The summed E-state index contributed by atoms with van der Waals surface area (Å²) in [5.74, 6) is 0.397. The third kappa shape index (κ3) is 3.80. The van der Waals surface area contributed by atoms with E-state index >= 15 is 0 Å². The molecule has 0 bridgehead atoms.